The topological polar surface area (TPSA) is 95.9 Å². The molecule has 0 fully saturated rings. The molecule has 0 aromatic heterocycles. The van der Waals surface area contributed by atoms with Gasteiger partial charge in [-0.25, -0.2) is 0 Å². The van der Waals surface area contributed by atoms with E-state index in [-0.39, 0.29) is 18.5 Å². The number of aliphatic hydroxyl groups is 2. The van der Waals surface area contributed by atoms with Crippen LogP contribution < -0.4 is 5.32 Å². The van der Waals surface area contributed by atoms with Crippen LogP contribution in [0.1, 0.15) is 245 Å². The Labute approximate surface area is 347 Å². The third-order valence-corrected chi connectivity index (χ3v) is 10.9. The predicted molar refractivity (Wildman–Crippen MR) is 241 cm³/mol. The molecular formula is C50H93NO5. The monoisotopic (exact) mass is 788 g/mol. The predicted octanol–water partition coefficient (Wildman–Crippen LogP) is 14.1. The summed E-state index contributed by atoms with van der Waals surface area (Å²) in [6, 6.07) is -0.653. The molecule has 0 heterocycles. The van der Waals surface area contributed by atoms with Crippen LogP contribution in [0, 0.1) is 0 Å². The Hall–Kier alpha value is -1.92. The van der Waals surface area contributed by atoms with Crippen molar-refractivity contribution in [1.82, 2.24) is 5.32 Å². The standard InChI is InChI=1S/C50H93NO5/c1-3-5-7-9-11-13-15-17-19-20-22-26-30-34-38-42-48(53)47(46-52)51-49(54)43-39-35-31-27-24-25-29-33-37-41-45-56-50(55)44-40-36-32-28-23-21-18-16-14-12-10-8-6-4-2/h16,18,25,29,38,42,47-48,52-53H,3-15,17,19-24,26-28,30-37,39-41,43-46H2,1-2H3,(H,51,54)/b18-16-,29-25-,42-38+. The summed E-state index contributed by atoms with van der Waals surface area (Å²) in [5.41, 5.74) is 0. The van der Waals surface area contributed by atoms with Crippen LogP contribution in [0.5, 0.6) is 0 Å². The first-order valence-electron chi connectivity index (χ1n) is 24.3. The molecule has 0 saturated heterocycles. The Morgan fingerprint density at radius 3 is 1.27 bits per heavy atom. The molecule has 56 heavy (non-hydrogen) atoms. The molecule has 0 aliphatic rings. The molecule has 6 nitrogen and oxygen atoms in total. The number of amides is 1. The van der Waals surface area contributed by atoms with E-state index in [4.69, 9.17) is 4.74 Å². The number of hydrogen-bond acceptors (Lipinski definition) is 5. The minimum atomic E-state index is -0.866. The molecule has 2 atom stereocenters. The molecule has 0 saturated carbocycles. The van der Waals surface area contributed by atoms with Gasteiger partial charge in [-0.1, -0.05) is 185 Å². The van der Waals surface area contributed by atoms with Gasteiger partial charge in [0.05, 0.1) is 25.4 Å². The van der Waals surface area contributed by atoms with Gasteiger partial charge in [-0.2, -0.15) is 0 Å². The molecule has 2 unspecified atom stereocenters. The number of unbranched alkanes of at least 4 members (excludes halogenated alkanes) is 29. The van der Waals surface area contributed by atoms with Gasteiger partial charge in [0.25, 0.3) is 0 Å². The Balaban J connectivity index is 3.59. The number of carbonyl (C=O) groups is 2. The zero-order valence-corrected chi connectivity index (χ0v) is 37.1. The summed E-state index contributed by atoms with van der Waals surface area (Å²) in [7, 11) is 0. The Kier molecular flexibility index (Phi) is 44.2. The molecular weight excluding hydrogens is 695 g/mol. The summed E-state index contributed by atoms with van der Waals surface area (Å²) in [5, 5.41) is 23.0. The quantitative estimate of drug-likeness (QED) is 0.0325. The zero-order valence-electron chi connectivity index (χ0n) is 37.1. The summed E-state index contributed by atoms with van der Waals surface area (Å²) in [4.78, 5) is 24.4. The van der Waals surface area contributed by atoms with E-state index in [1.165, 1.54) is 141 Å². The summed E-state index contributed by atoms with van der Waals surface area (Å²) in [5.74, 6) is -0.153. The highest BCUT2D eigenvalue weighted by Crippen LogP contribution is 2.14. The van der Waals surface area contributed by atoms with Crippen molar-refractivity contribution in [3.05, 3.63) is 36.5 Å². The van der Waals surface area contributed by atoms with Crippen molar-refractivity contribution in [3.63, 3.8) is 0 Å². The fourth-order valence-electron chi connectivity index (χ4n) is 7.09. The van der Waals surface area contributed by atoms with Gasteiger partial charge in [0.15, 0.2) is 0 Å². The van der Waals surface area contributed by atoms with Gasteiger partial charge in [-0.15, -0.1) is 0 Å². The second kappa shape index (κ2) is 45.8. The lowest BCUT2D eigenvalue weighted by molar-refractivity contribution is -0.143. The van der Waals surface area contributed by atoms with E-state index in [0.29, 0.717) is 19.4 Å². The number of rotatable bonds is 44. The van der Waals surface area contributed by atoms with E-state index >= 15 is 0 Å². The number of allylic oxidation sites excluding steroid dienone is 5. The van der Waals surface area contributed by atoms with Crippen molar-refractivity contribution in [3.8, 4) is 0 Å². The third-order valence-electron chi connectivity index (χ3n) is 10.9. The van der Waals surface area contributed by atoms with Crippen LogP contribution in [-0.4, -0.2) is 47.4 Å². The molecule has 0 aliphatic heterocycles. The second-order valence-electron chi connectivity index (χ2n) is 16.4. The SMILES string of the molecule is CCCCCCC/C=C\CCCCCCCC(=O)OCCCC/C=C\CCCCCCC(=O)NC(CO)C(O)/C=C/CCCCCCCCCCCCCCC. The van der Waals surface area contributed by atoms with Gasteiger partial charge in [0, 0.05) is 12.8 Å². The van der Waals surface area contributed by atoms with Gasteiger partial charge in [-0.05, 0) is 83.5 Å². The van der Waals surface area contributed by atoms with E-state index in [1.54, 1.807) is 6.08 Å². The first-order chi connectivity index (χ1) is 27.5. The Morgan fingerprint density at radius 2 is 0.839 bits per heavy atom. The Bertz CT molecular complexity index is 915. The first-order valence-corrected chi connectivity index (χ1v) is 24.3. The second-order valence-corrected chi connectivity index (χ2v) is 16.4. The molecule has 3 N–H and O–H groups in total. The maximum Gasteiger partial charge on any atom is 0.305 e. The molecule has 0 aromatic carbocycles. The van der Waals surface area contributed by atoms with Gasteiger partial charge in [-0.3, -0.25) is 9.59 Å². The third kappa shape index (κ3) is 41.7. The van der Waals surface area contributed by atoms with E-state index in [1.807, 2.05) is 6.08 Å². The number of esters is 1. The average Bonchev–Trinajstić information content (AvgIpc) is 3.20. The van der Waals surface area contributed by atoms with Crippen molar-refractivity contribution in [2.24, 2.45) is 0 Å². The molecule has 0 spiro atoms. The molecule has 0 aliphatic carbocycles. The van der Waals surface area contributed by atoms with Gasteiger partial charge in [0.1, 0.15) is 0 Å². The fourth-order valence-corrected chi connectivity index (χ4v) is 7.09. The Morgan fingerprint density at radius 1 is 0.482 bits per heavy atom. The summed E-state index contributed by atoms with van der Waals surface area (Å²) in [6.07, 6.45) is 54.2. The van der Waals surface area contributed by atoms with Gasteiger partial charge < -0.3 is 20.3 Å². The van der Waals surface area contributed by atoms with Crippen LogP contribution in [0.3, 0.4) is 0 Å². The lowest BCUT2D eigenvalue weighted by Gasteiger charge is -2.20. The van der Waals surface area contributed by atoms with Crippen LogP contribution >= 0.6 is 0 Å². The molecule has 0 bridgehead atoms. The zero-order chi connectivity index (χ0) is 40.8. The number of nitrogens with one attached hydrogen (secondary N) is 1. The lowest BCUT2D eigenvalue weighted by Crippen LogP contribution is -2.45. The maximum absolute atomic E-state index is 12.4. The van der Waals surface area contributed by atoms with Crippen molar-refractivity contribution in [1.29, 1.82) is 0 Å². The highest BCUT2D eigenvalue weighted by molar-refractivity contribution is 5.76. The largest absolute Gasteiger partial charge is 0.466 e. The van der Waals surface area contributed by atoms with E-state index in [0.717, 1.165) is 77.0 Å². The molecule has 0 aromatic rings. The highest BCUT2D eigenvalue weighted by atomic mass is 16.5. The van der Waals surface area contributed by atoms with Crippen LogP contribution in [0.2, 0.25) is 0 Å². The number of ether oxygens (including phenoxy) is 1. The average molecular weight is 788 g/mol. The van der Waals surface area contributed by atoms with E-state index in [9.17, 15) is 19.8 Å². The fraction of sp³-hybridized carbons (Fsp3) is 0.840. The van der Waals surface area contributed by atoms with Crippen LogP contribution in [0.25, 0.3) is 0 Å². The van der Waals surface area contributed by atoms with Gasteiger partial charge in [0.2, 0.25) is 5.91 Å². The number of hydrogen-bond donors (Lipinski definition) is 3. The number of carbonyl (C=O) groups excluding carboxylic acids is 2. The van der Waals surface area contributed by atoms with Crippen LogP contribution in [0.4, 0.5) is 0 Å². The maximum atomic E-state index is 12.4. The minimum absolute atomic E-state index is 0.0477. The molecule has 1 amide bonds. The van der Waals surface area contributed by atoms with Crippen LogP contribution in [-0.2, 0) is 14.3 Å². The normalized spacial score (nSPS) is 13.0. The van der Waals surface area contributed by atoms with Crippen molar-refractivity contribution < 1.29 is 24.5 Å². The van der Waals surface area contributed by atoms with Crippen molar-refractivity contribution in [2.75, 3.05) is 13.2 Å². The summed E-state index contributed by atoms with van der Waals surface area (Å²) >= 11 is 0. The summed E-state index contributed by atoms with van der Waals surface area (Å²) in [6.45, 7) is 4.79. The van der Waals surface area contributed by atoms with Gasteiger partial charge >= 0.3 is 5.97 Å². The minimum Gasteiger partial charge on any atom is -0.466 e. The van der Waals surface area contributed by atoms with Crippen LogP contribution in [0.15, 0.2) is 36.5 Å². The molecule has 0 radical (unpaired) electrons. The lowest BCUT2D eigenvalue weighted by atomic mass is 10.0. The number of aliphatic hydroxyl groups excluding tert-OH is 2. The molecule has 328 valence electrons. The molecule has 0 rings (SSSR count). The van der Waals surface area contributed by atoms with Crippen molar-refractivity contribution >= 4 is 11.9 Å². The van der Waals surface area contributed by atoms with E-state index in [2.05, 4.69) is 43.5 Å². The summed E-state index contributed by atoms with van der Waals surface area (Å²) < 4.78 is 5.42. The van der Waals surface area contributed by atoms with Crippen molar-refractivity contribution in [2.45, 2.75) is 257 Å². The highest BCUT2D eigenvalue weighted by Gasteiger charge is 2.18. The first kappa shape index (κ1) is 54.1. The smallest absolute Gasteiger partial charge is 0.305 e. The van der Waals surface area contributed by atoms with E-state index < -0.39 is 12.1 Å². The molecule has 6 heteroatoms.